The number of nitrogens with two attached hydrogens (primary N) is 1. The molecule has 104 valence electrons. The molecule has 1 amide bonds. The van der Waals surface area contributed by atoms with Gasteiger partial charge in [0, 0.05) is 0 Å². The first kappa shape index (κ1) is 15.0. The molecular weight excluding hydrogens is 232 g/mol. The lowest BCUT2D eigenvalue weighted by Crippen LogP contribution is -2.62. The Morgan fingerprint density at radius 1 is 1.33 bits per heavy atom. The predicted octanol–water partition coefficient (Wildman–Crippen LogP) is 1.41. The molecule has 5 nitrogen and oxygen atoms in total. The van der Waals surface area contributed by atoms with Gasteiger partial charge in [0.2, 0.25) is 5.91 Å². The number of carbonyl (C=O) groups excluding carboxylic acids is 1. The Balaban J connectivity index is 2.74. The van der Waals surface area contributed by atoms with Crippen molar-refractivity contribution in [3.05, 3.63) is 0 Å². The van der Waals surface area contributed by atoms with Crippen molar-refractivity contribution >= 4 is 11.9 Å². The van der Waals surface area contributed by atoms with Crippen LogP contribution in [0, 0.1) is 0 Å². The molecule has 0 aromatic heterocycles. The van der Waals surface area contributed by atoms with Crippen molar-refractivity contribution in [2.75, 3.05) is 0 Å². The van der Waals surface area contributed by atoms with Crippen LogP contribution in [0.2, 0.25) is 0 Å². The zero-order valence-corrected chi connectivity index (χ0v) is 11.3. The molecule has 0 aromatic rings. The monoisotopic (exact) mass is 256 g/mol. The number of carbonyl (C=O) groups is 2. The molecule has 1 saturated carbocycles. The van der Waals surface area contributed by atoms with Crippen molar-refractivity contribution in [1.82, 2.24) is 5.32 Å². The van der Waals surface area contributed by atoms with Crippen LogP contribution in [0.3, 0.4) is 0 Å². The minimum absolute atomic E-state index is 0.319. The first-order valence-corrected chi connectivity index (χ1v) is 6.69. The van der Waals surface area contributed by atoms with Crippen LogP contribution in [0.1, 0.15) is 58.8 Å². The SMILES string of the molecule is CCCC(C)(NC(=O)C1(N)CCCCC1)C(=O)O. The highest BCUT2D eigenvalue weighted by molar-refractivity contribution is 5.91. The molecule has 0 saturated heterocycles. The quantitative estimate of drug-likeness (QED) is 0.693. The van der Waals surface area contributed by atoms with E-state index in [1.807, 2.05) is 6.92 Å². The van der Waals surface area contributed by atoms with Gasteiger partial charge in [0.15, 0.2) is 0 Å². The molecular formula is C13H24N2O3. The van der Waals surface area contributed by atoms with Crippen molar-refractivity contribution in [2.24, 2.45) is 5.73 Å². The lowest BCUT2D eigenvalue weighted by molar-refractivity contribution is -0.148. The van der Waals surface area contributed by atoms with Gasteiger partial charge in [-0.3, -0.25) is 4.79 Å². The maximum Gasteiger partial charge on any atom is 0.329 e. The number of amides is 1. The second kappa shape index (κ2) is 5.69. The zero-order chi connectivity index (χ0) is 13.8. The number of nitrogens with one attached hydrogen (secondary N) is 1. The Morgan fingerprint density at radius 2 is 1.89 bits per heavy atom. The first-order valence-electron chi connectivity index (χ1n) is 6.69. The van der Waals surface area contributed by atoms with Gasteiger partial charge in [-0.05, 0) is 26.2 Å². The van der Waals surface area contributed by atoms with Gasteiger partial charge in [0.05, 0.1) is 5.54 Å². The van der Waals surface area contributed by atoms with E-state index in [0.717, 1.165) is 19.3 Å². The fourth-order valence-electron chi connectivity index (χ4n) is 2.51. The van der Waals surface area contributed by atoms with Crippen molar-refractivity contribution in [3.63, 3.8) is 0 Å². The maximum atomic E-state index is 12.2. The van der Waals surface area contributed by atoms with E-state index in [1.54, 1.807) is 6.92 Å². The van der Waals surface area contributed by atoms with Crippen LogP contribution in [-0.4, -0.2) is 28.1 Å². The van der Waals surface area contributed by atoms with Crippen LogP contribution in [0.25, 0.3) is 0 Å². The number of carboxylic acid groups (broad SMARTS) is 1. The molecule has 1 aliphatic rings. The summed E-state index contributed by atoms with van der Waals surface area (Å²) in [6.07, 6.45) is 5.34. The highest BCUT2D eigenvalue weighted by atomic mass is 16.4. The summed E-state index contributed by atoms with van der Waals surface area (Å²) < 4.78 is 0. The smallest absolute Gasteiger partial charge is 0.329 e. The van der Waals surface area contributed by atoms with Gasteiger partial charge in [-0.2, -0.15) is 0 Å². The third kappa shape index (κ3) is 3.22. The molecule has 0 spiro atoms. The van der Waals surface area contributed by atoms with Gasteiger partial charge in [-0.25, -0.2) is 4.79 Å². The number of hydrogen-bond acceptors (Lipinski definition) is 3. The molecule has 18 heavy (non-hydrogen) atoms. The summed E-state index contributed by atoms with van der Waals surface area (Å²) in [5, 5.41) is 11.9. The molecule has 0 heterocycles. The lowest BCUT2D eigenvalue weighted by atomic mass is 9.81. The number of carboxylic acids is 1. The van der Waals surface area contributed by atoms with E-state index in [1.165, 1.54) is 0 Å². The minimum Gasteiger partial charge on any atom is -0.480 e. The van der Waals surface area contributed by atoms with E-state index in [0.29, 0.717) is 25.7 Å². The zero-order valence-electron chi connectivity index (χ0n) is 11.3. The van der Waals surface area contributed by atoms with Crippen LogP contribution < -0.4 is 11.1 Å². The third-order valence-corrected chi connectivity index (χ3v) is 3.81. The average Bonchev–Trinajstić information content (AvgIpc) is 2.30. The van der Waals surface area contributed by atoms with Crippen LogP contribution in [0.4, 0.5) is 0 Å². The van der Waals surface area contributed by atoms with Crippen molar-refractivity contribution in [3.8, 4) is 0 Å². The van der Waals surface area contributed by atoms with E-state index >= 15 is 0 Å². The first-order chi connectivity index (χ1) is 8.34. The van der Waals surface area contributed by atoms with Gasteiger partial charge in [-0.1, -0.05) is 32.6 Å². The van der Waals surface area contributed by atoms with Crippen LogP contribution >= 0.6 is 0 Å². The number of aliphatic carboxylic acids is 1. The van der Waals surface area contributed by atoms with Crippen LogP contribution in [0.5, 0.6) is 0 Å². The summed E-state index contributed by atoms with van der Waals surface area (Å²) in [7, 11) is 0. The van der Waals surface area contributed by atoms with E-state index in [9.17, 15) is 14.7 Å². The van der Waals surface area contributed by atoms with Gasteiger partial charge < -0.3 is 16.2 Å². The van der Waals surface area contributed by atoms with Crippen LogP contribution in [-0.2, 0) is 9.59 Å². The van der Waals surface area contributed by atoms with Crippen molar-refractivity contribution < 1.29 is 14.7 Å². The summed E-state index contributed by atoms with van der Waals surface area (Å²) in [6.45, 7) is 3.44. The molecule has 0 bridgehead atoms. The molecule has 4 N–H and O–H groups in total. The molecule has 0 radical (unpaired) electrons. The van der Waals surface area contributed by atoms with Crippen molar-refractivity contribution in [2.45, 2.75) is 69.9 Å². The Kier molecular flexibility index (Phi) is 4.73. The van der Waals surface area contributed by atoms with Gasteiger partial charge >= 0.3 is 5.97 Å². The average molecular weight is 256 g/mol. The number of hydrogen-bond donors (Lipinski definition) is 3. The Hall–Kier alpha value is -1.10. The highest BCUT2D eigenvalue weighted by Gasteiger charge is 2.41. The normalized spacial score (nSPS) is 21.9. The summed E-state index contributed by atoms with van der Waals surface area (Å²) >= 11 is 0. The Morgan fingerprint density at radius 3 is 2.33 bits per heavy atom. The van der Waals surface area contributed by atoms with Gasteiger partial charge in [0.1, 0.15) is 5.54 Å². The molecule has 1 fully saturated rings. The molecule has 1 rings (SSSR count). The lowest BCUT2D eigenvalue weighted by Gasteiger charge is -2.35. The summed E-state index contributed by atoms with van der Waals surface area (Å²) in [4.78, 5) is 23.5. The third-order valence-electron chi connectivity index (χ3n) is 3.81. The fraction of sp³-hybridized carbons (Fsp3) is 0.846. The summed E-state index contributed by atoms with van der Waals surface area (Å²) in [5.41, 5.74) is 4.00. The maximum absolute atomic E-state index is 12.2. The van der Waals surface area contributed by atoms with Gasteiger partial charge in [0.25, 0.3) is 0 Å². The second-order valence-electron chi connectivity index (χ2n) is 5.56. The summed E-state index contributed by atoms with van der Waals surface area (Å²) in [5.74, 6) is -1.32. The van der Waals surface area contributed by atoms with E-state index in [2.05, 4.69) is 5.32 Å². The largest absolute Gasteiger partial charge is 0.480 e. The van der Waals surface area contributed by atoms with E-state index in [4.69, 9.17) is 5.73 Å². The topological polar surface area (TPSA) is 92.4 Å². The fourth-order valence-corrected chi connectivity index (χ4v) is 2.51. The van der Waals surface area contributed by atoms with E-state index in [-0.39, 0.29) is 5.91 Å². The minimum atomic E-state index is -1.21. The van der Waals surface area contributed by atoms with Gasteiger partial charge in [-0.15, -0.1) is 0 Å². The standard InChI is InChI=1S/C13H24N2O3/c1-3-7-12(2,11(17)18)15-10(16)13(14)8-5-4-6-9-13/h3-9,14H2,1-2H3,(H,15,16)(H,17,18). The molecule has 5 heteroatoms. The molecule has 1 atom stereocenters. The second-order valence-corrected chi connectivity index (χ2v) is 5.56. The molecule has 0 aliphatic heterocycles. The van der Waals surface area contributed by atoms with E-state index < -0.39 is 17.0 Å². The van der Waals surface area contributed by atoms with Crippen molar-refractivity contribution in [1.29, 1.82) is 0 Å². The number of rotatable bonds is 5. The summed E-state index contributed by atoms with van der Waals surface area (Å²) in [6, 6.07) is 0. The molecule has 0 aromatic carbocycles. The predicted molar refractivity (Wildman–Crippen MR) is 69.1 cm³/mol. The molecule has 1 unspecified atom stereocenters. The highest BCUT2D eigenvalue weighted by Crippen LogP contribution is 2.27. The molecule has 1 aliphatic carbocycles. The Bertz CT molecular complexity index is 324. The Labute approximate surface area is 108 Å². The van der Waals surface area contributed by atoms with Crippen LogP contribution in [0.15, 0.2) is 0 Å².